The van der Waals surface area contributed by atoms with Crippen molar-refractivity contribution < 1.29 is 23.8 Å². The Labute approximate surface area is 219 Å². The Morgan fingerprint density at radius 1 is 1.08 bits per heavy atom. The molecule has 2 aliphatic rings. The van der Waals surface area contributed by atoms with Gasteiger partial charge in [-0.3, -0.25) is 14.5 Å². The zero-order valence-corrected chi connectivity index (χ0v) is 22.5. The number of esters is 1. The van der Waals surface area contributed by atoms with E-state index in [1.807, 2.05) is 30.0 Å². The van der Waals surface area contributed by atoms with E-state index in [4.69, 9.17) is 19.3 Å². The molecule has 0 bridgehead atoms. The van der Waals surface area contributed by atoms with Crippen LogP contribution < -0.4 is 9.47 Å². The van der Waals surface area contributed by atoms with Gasteiger partial charge in [0.1, 0.15) is 11.5 Å². The third kappa shape index (κ3) is 5.96. The van der Waals surface area contributed by atoms with Crippen LogP contribution in [0.1, 0.15) is 54.5 Å². The molecular formula is C29H37N3O5. The number of rotatable bonds is 8. The number of nitrogens with zero attached hydrogens (tertiary/aromatic N) is 3. The van der Waals surface area contributed by atoms with E-state index in [0.717, 1.165) is 47.4 Å². The van der Waals surface area contributed by atoms with E-state index >= 15 is 0 Å². The van der Waals surface area contributed by atoms with Crippen LogP contribution in [0.25, 0.3) is 0 Å². The zero-order chi connectivity index (χ0) is 26.5. The van der Waals surface area contributed by atoms with E-state index < -0.39 is 0 Å². The van der Waals surface area contributed by atoms with Gasteiger partial charge in [0.2, 0.25) is 0 Å². The first-order valence-electron chi connectivity index (χ1n) is 12.9. The van der Waals surface area contributed by atoms with Gasteiger partial charge >= 0.3 is 5.97 Å². The van der Waals surface area contributed by atoms with E-state index in [9.17, 15) is 9.59 Å². The molecule has 2 aromatic rings. The predicted molar refractivity (Wildman–Crippen MR) is 142 cm³/mol. The first kappa shape index (κ1) is 26.7. The highest BCUT2D eigenvalue weighted by atomic mass is 16.5. The summed E-state index contributed by atoms with van der Waals surface area (Å²) in [6.45, 7) is 7.77. The molecule has 0 spiro atoms. The smallest absolute Gasteiger partial charge is 0.310 e. The fraction of sp³-hybridized carbons (Fsp3) is 0.483. The molecule has 0 radical (unpaired) electrons. The Morgan fingerprint density at radius 3 is 2.62 bits per heavy atom. The Kier molecular flexibility index (Phi) is 8.48. The number of hydrogen-bond acceptors (Lipinski definition) is 7. The van der Waals surface area contributed by atoms with Gasteiger partial charge in [0.15, 0.2) is 0 Å². The molecule has 4 rings (SSSR count). The second kappa shape index (κ2) is 11.8. The second-order valence-electron chi connectivity index (χ2n) is 9.76. The van der Waals surface area contributed by atoms with Crippen molar-refractivity contribution in [3.8, 4) is 11.5 Å². The van der Waals surface area contributed by atoms with Crippen LogP contribution in [0.5, 0.6) is 11.5 Å². The van der Waals surface area contributed by atoms with Gasteiger partial charge in [0.25, 0.3) is 5.91 Å². The Morgan fingerprint density at radius 2 is 1.89 bits per heavy atom. The molecule has 2 heterocycles. The SMILES string of the molecule is CCOC(=O)[C@@H]1CCCN(CC(=O)N2N=C(c3cc(C)ccc3C)C[C@@H]2c2ccc(OC)cc2OC)C1. The second-order valence-corrected chi connectivity index (χ2v) is 9.76. The molecule has 8 nitrogen and oxygen atoms in total. The van der Waals surface area contributed by atoms with Crippen molar-refractivity contribution in [2.24, 2.45) is 11.0 Å². The van der Waals surface area contributed by atoms with Crippen LogP contribution in [0.3, 0.4) is 0 Å². The summed E-state index contributed by atoms with van der Waals surface area (Å²) >= 11 is 0. The summed E-state index contributed by atoms with van der Waals surface area (Å²) in [7, 11) is 3.23. The largest absolute Gasteiger partial charge is 0.497 e. The number of aryl methyl sites for hydroxylation is 2. The number of methoxy groups -OCH3 is 2. The fourth-order valence-electron chi connectivity index (χ4n) is 5.20. The monoisotopic (exact) mass is 507 g/mol. The molecule has 1 saturated heterocycles. The highest BCUT2D eigenvalue weighted by molar-refractivity contribution is 6.04. The van der Waals surface area contributed by atoms with E-state index in [2.05, 4.69) is 32.0 Å². The predicted octanol–water partition coefficient (Wildman–Crippen LogP) is 4.27. The van der Waals surface area contributed by atoms with Gasteiger partial charge in [0.05, 0.1) is 45.0 Å². The minimum absolute atomic E-state index is 0.104. The number of carbonyl (C=O) groups is 2. The molecule has 37 heavy (non-hydrogen) atoms. The van der Waals surface area contributed by atoms with Crippen LogP contribution in [0.15, 0.2) is 41.5 Å². The lowest BCUT2D eigenvalue weighted by molar-refractivity contribution is -0.150. The minimum Gasteiger partial charge on any atom is -0.497 e. The molecule has 0 aliphatic carbocycles. The van der Waals surface area contributed by atoms with E-state index in [1.165, 1.54) is 0 Å². The van der Waals surface area contributed by atoms with Crippen molar-refractivity contribution in [2.75, 3.05) is 40.5 Å². The van der Waals surface area contributed by atoms with Gasteiger partial charge in [-0.05, 0) is 63.9 Å². The topological polar surface area (TPSA) is 80.7 Å². The number of hydrazone groups is 1. The van der Waals surface area contributed by atoms with Gasteiger partial charge in [-0.2, -0.15) is 5.10 Å². The average Bonchev–Trinajstić information content (AvgIpc) is 3.35. The summed E-state index contributed by atoms with van der Waals surface area (Å²) < 4.78 is 16.3. The number of amides is 1. The molecular weight excluding hydrogens is 470 g/mol. The lowest BCUT2D eigenvalue weighted by Gasteiger charge is -2.32. The quantitative estimate of drug-likeness (QED) is 0.497. The molecule has 1 amide bonds. The van der Waals surface area contributed by atoms with E-state index in [-0.39, 0.29) is 30.4 Å². The summed E-state index contributed by atoms with van der Waals surface area (Å²) in [5.74, 6) is 0.849. The van der Waals surface area contributed by atoms with Gasteiger partial charge in [-0.15, -0.1) is 0 Å². The minimum atomic E-state index is -0.311. The van der Waals surface area contributed by atoms with E-state index in [1.54, 1.807) is 19.2 Å². The number of hydrogen-bond donors (Lipinski definition) is 0. The number of piperidine rings is 1. The van der Waals surface area contributed by atoms with Crippen molar-refractivity contribution in [3.63, 3.8) is 0 Å². The summed E-state index contributed by atoms with van der Waals surface area (Å²) in [5, 5.41) is 6.49. The van der Waals surface area contributed by atoms with Crippen molar-refractivity contribution in [2.45, 2.75) is 46.1 Å². The molecule has 0 N–H and O–H groups in total. The Bertz CT molecular complexity index is 1180. The maximum atomic E-state index is 13.7. The number of ether oxygens (including phenoxy) is 3. The van der Waals surface area contributed by atoms with Crippen LogP contribution in [-0.4, -0.2) is 68.0 Å². The standard InChI is InChI=1S/C29H37N3O5/c1-6-37-29(34)21-8-7-13-31(17-21)18-28(33)32-26(23-12-11-22(35-4)15-27(23)36-5)16-25(30-32)24-14-19(2)9-10-20(24)3/h9-12,14-15,21,26H,6-8,13,16-18H2,1-5H3/t21-,26-/m1/s1. The van der Waals surface area contributed by atoms with Crippen LogP contribution in [0.4, 0.5) is 0 Å². The van der Waals surface area contributed by atoms with Gasteiger partial charge in [0, 0.05) is 30.2 Å². The molecule has 0 unspecified atom stereocenters. The first-order chi connectivity index (χ1) is 17.8. The van der Waals surface area contributed by atoms with Crippen molar-refractivity contribution in [1.82, 2.24) is 9.91 Å². The molecule has 198 valence electrons. The van der Waals surface area contributed by atoms with Crippen LogP contribution in [0.2, 0.25) is 0 Å². The third-order valence-corrected chi connectivity index (χ3v) is 7.15. The molecule has 2 aliphatic heterocycles. The number of carbonyl (C=O) groups excluding carboxylic acids is 2. The molecule has 8 heteroatoms. The van der Waals surface area contributed by atoms with Crippen LogP contribution in [-0.2, 0) is 14.3 Å². The number of likely N-dealkylation sites (tertiary alicyclic amines) is 1. The van der Waals surface area contributed by atoms with Crippen molar-refractivity contribution in [3.05, 3.63) is 58.7 Å². The maximum Gasteiger partial charge on any atom is 0.310 e. The molecule has 2 aromatic carbocycles. The number of benzene rings is 2. The summed E-state index contributed by atoms with van der Waals surface area (Å²) in [5.41, 5.74) is 5.06. The Balaban J connectivity index is 1.63. The summed E-state index contributed by atoms with van der Waals surface area (Å²) in [6, 6.07) is 11.6. The van der Waals surface area contributed by atoms with Gasteiger partial charge < -0.3 is 14.2 Å². The van der Waals surface area contributed by atoms with Crippen molar-refractivity contribution in [1.29, 1.82) is 0 Å². The van der Waals surface area contributed by atoms with Gasteiger partial charge in [-0.25, -0.2) is 5.01 Å². The van der Waals surface area contributed by atoms with Crippen LogP contribution in [0, 0.1) is 19.8 Å². The van der Waals surface area contributed by atoms with Crippen molar-refractivity contribution >= 4 is 17.6 Å². The first-order valence-corrected chi connectivity index (χ1v) is 12.9. The molecule has 0 saturated carbocycles. The third-order valence-electron chi connectivity index (χ3n) is 7.15. The van der Waals surface area contributed by atoms with E-state index in [0.29, 0.717) is 31.1 Å². The molecule has 1 fully saturated rings. The summed E-state index contributed by atoms with van der Waals surface area (Å²) in [6.07, 6.45) is 2.21. The van der Waals surface area contributed by atoms with Crippen LogP contribution >= 0.6 is 0 Å². The Hall–Kier alpha value is -3.39. The van der Waals surface area contributed by atoms with Gasteiger partial charge in [-0.1, -0.05) is 17.7 Å². The summed E-state index contributed by atoms with van der Waals surface area (Å²) in [4.78, 5) is 28.1. The highest BCUT2D eigenvalue weighted by Gasteiger charge is 2.37. The maximum absolute atomic E-state index is 13.7. The highest BCUT2D eigenvalue weighted by Crippen LogP contribution is 2.39. The zero-order valence-electron chi connectivity index (χ0n) is 22.5. The average molecular weight is 508 g/mol. The molecule has 2 atom stereocenters. The lowest BCUT2D eigenvalue weighted by atomic mass is 9.94. The lowest BCUT2D eigenvalue weighted by Crippen LogP contribution is -2.44. The molecule has 0 aromatic heterocycles. The fourth-order valence-corrected chi connectivity index (χ4v) is 5.20. The normalized spacial score (nSPS) is 19.9.